The van der Waals surface area contributed by atoms with E-state index >= 15 is 0 Å². The van der Waals surface area contributed by atoms with Crippen LogP contribution >= 0.6 is 0 Å². The van der Waals surface area contributed by atoms with Gasteiger partial charge in [0.05, 0.1) is 12.3 Å². The Kier molecular flexibility index (Phi) is 6.10. The quantitative estimate of drug-likeness (QED) is 0.470. The molecule has 1 fully saturated rings. The van der Waals surface area contributed by atoms with E-state index in [4.69, 9.17) is 4.74 Å². The zero-order valence-electron chi connectivity index (χ0n) is 13.4. The lowest BCUT2D eigenvalue weighted by atomic mass is 10.2. The molecule has 1 aromatic carbocycles. The molecule has 124 valence electrons. The first-order valence-corrected chi connectivity index (χ1v) is 7.56. The topological polar surface area (TPSA) is 83.0 Å². The Bertz CT molecular complexity index is 563. The van der Waals surface area contributed by atoms with Crippen LogP contribution in [-0.2, 0) is 14.3 Å². The van der Waals surface area contributed by atoms with Crippen molar-refractivity contribution in [3.63, 3.8) is 0 Å². The van der Waals surface area contributed by atoms with Gasteiger partial charge in [0.15, 0.2) is 0 Å². The van der Waals surface area contributed by atoms with E-state index in [1.54, 1.807) is 0 Å². The molecule has 0 bridgehead atoms. The number of amides is 2. The second-order valence-corrected chi connectivity index (χ2v) is 5.53. The van der Waals surface area contributed by atoms with E-state index in [2.05, 4.69) is 15.8 Å². The first-order chi connectivity index (χ1) is 11.1. The summed E-state index contributed by atoms with van der Waals surface area (Å²) in [5, 5.41) is 6.32. The van der Waals surface area contributed by atoms with Crippen LogP contribution in [-0.4, -0.2) is 51.4 Å². The Morgan fingerprint density at radius 3 is 2.65 bits per heavy atom. The minimum Gasteiger partial charge on any atom is -0.378 e. The van der Waals surface area contributed by atoms with Gasteiger partial charge in [0.1, 0.15) is 0 Å². The summed E-state index contributed by atoms with van der Waals surface area (Å²) in [5.74, 6) is -1.50. The number of nitrogens with one attached hydrogen (secondary N) is 2. The molecular weight excluding hydrogens is 296 g/mol. The minimum absolute atomic E-state index is 0.00506. The van der Waals surface area contributed by atoms with Crippen LogP contribution in [0.2, 0.25) is 0 Å². The molecule has 0 unspecified atom stereocenters. The minimum atomic E-state index is -0.788. The molecule has 1 aliphatic heterocycles. The number of nitrogens with zero attached hydrogens (tertiary/aromatic N) is 2. The molecule has 0 aromatic heterocycles. The molecule has 23 heavy (non-hydrogen) atoms. The van der Waals surface area contributed by atoms with E-state index < -0.39 is 11.8 Å². The fourth-order valence-electron chi connectivity index (χ4n) is 2.17. The first-order valence-electron chi connectivity index (χ1n) is 7.56. The van der Waals surface area contributed by atoms with Crippen molar-refractivity contribution < 1.29 is 14.3 Å². The van der Waals surface area contributed by atoms with Crippen molar-refractivity contribution in [2.45, 2.75) is 18.9 Å². The van der Waals surface area contributed by atoms with Gasteiger partial charge in [-0.3, -0.25) is 9.59 Å². The van der Waals surface area contributed by atoms with Gasteiger partial charge in [0.25, 0.3) is 0 Å². The highest BCUT2D eigenvalue weighted by atomic mass is 16.5. The Labute approximate surface area is 135 Å². The van der Waals surface area contributed by atoms with Crippen LogP contribution in [0, 0.1) is 0 Å². The molecule has 0 spiro atoms. The number of carbonyl (C=O) groups is 2. The predicted octanol–water partition coefficient (Wildman–Crippen LogP) is 0.498. The molecule has 2 amide bonds. The molecule has 1 atom stereocenters. The summed E-state index contributed by atoms with van der Waals surface area (Å²) in [6, 6.07) is 7.64. The average Bonchev–Trinajstić information content (AvgIpc) is 3.06. The van der Waals surface area contributed by atoms with E-state index in [-0.39, 0.29) is 6.10 Å². The molecule has 1 aromatic rings. The molecule has 1 aliphatic rings. The molecule has 1 heterocycles. The summed E-state index contributed by atoms with van der Waals surface area (Å²) < 4.78 is 5.37. The summed E-state index contributed by atoms with van der Waals surface area (Å²) in [5.41, 5.74) is 4.11. The van der Waals surface area contributed by atoms with Crippen molar-refractivity contribution in [3.05, 3.63) is 29.8 Å². The number of hydrazone groups is 1. The summed E-state index contributed by atoms with van der Waals surface area (Å²) in [4.78, 5) is 25.2. The van der Waals surface area contributed by atoms with Crippen molar-refractivity contribution in [2.24, 2.45) is 5.10 Å². The van der Waals surface area contributed by atoms with E-state index in [9.17, 15) is 9.59 Å². The zero-order valence-corrected chi connectivity index (χ0v) is 13.4. The van der Waals surface area contributed by atoms with Gasteiger partial charge in [-0.15, -0.1) is 0 Å². The van der Waals surface area contributed by atoms with Crippen LogP contribution in [0.3, 0.4) is 0 Å². The summed E-state index contributed by atoms with van der Waals surface area (Å²) in [6.45, 7) is 1.06. The second kappa shape index (κ2) is 8.28. The largest absolute Gasteiger partial charge is 0.378 e. The van der Waals surface area contributed by atoms with Crippen molar-refractivity contribution >= 4 is 23.7 Å². The fraction of sp³-hybridized carbons (Fsp3) is 0.438. The Morgan fingerprint density at radius 2 is 2.04 bits per heavy atom. The van der Waals surface area contributed by atoms with Crippen LogP contribution in [0.4, 0.5) is 5.69 Å². The predicted molar refractivity (Wildman–Crippen MR) is 88.5 cm³/mol. The van der Waals surface area contributed by atoms with Crippen molar-refractivity contribution in [1.29, 1.82) is 0 Å². The van der Waals surface area contributed by atoms with Crippen LogP contribution in [0.1, 0.15) is 18.4 Å². The number of hydrogen-bond donors (Lipinski definition) is 2. The van der Waals surface area contributed by atoms with Gasteiger partial charge in [-0.05, 0) is 30.5 Å². The third-order valence-electron chi connectivity index (χ3n) is 3.51. The van der Waals surface area contributed by atoms with Gasteiger partial charge >= 0.3 is 11.8 Å². The highest BCUT2D eigenvalue weighted by molar-refractivity contribution is 6.35. The second-order valence-electron chi connectivity index (χ2n) is 5.53. The fourth-order valence-corrected chi connectivity index (χ4v) is 2.17. The number of rotatable bonds is 5. The Morgan fingerprint density at radius 1 is 1.30 bits per heavy atom. The van der Waals surface area contributed by atoms with Crippen LogP contribution in [0.15, 0.2) is 29.4 Å². The van der Waals surface area contributed by atoms with Gasteiger partial charge < -0.3 is 15.0 Å². The lowest BCUT2D eigenvalue weighted by Crippen LogP contribution is -2.41. The van der Waals surface area contributed by atoms with E-state index in [0.29, 0.717) is 13.2 Å². The highest BCUT2D eigenvalue weighted by Gasteiger charge is 2.18. The molecule has 7 nitrogen and oxygen atoms in total. The van der Waals surface area contributed by atoms with Crippen LogP contribution < -0.4 is 15.6 Å². The molecular formula is C16H22N4O3. The maximum Gasteiger partial charge on any atom is 0.329 e. The number of ether oxygens (including phenoxy) is 1. The SMILES string of the molecule is CN(C)c1ccc(/C=N\NC(=O)C(=O)NC[C@@H]2CCCO2)cc1. The lowest BCUT2D eigenvalue weighted by molar-refractivity contribution is -0.139. The van der Waals surface area contributed by atoms with E-state index in [1.165, 1.54) is 6.21 Å². The highest BCUT2D eigenvalue weighted by Crippen LogP contribution is 2.11. The maximum atomic E-state index is 11.6. The third kappa shape index (κ3) is 5.37. The van der Waals surface area contributed by atoms with Crippen molar-refractivity contribution in [2.75, 3.05) is 32.1 Å². The Balaban J connectivity index is 1.74. The summed E-state index contributed by atoms with van der Waals surface area (Å²) >= 11 is 0. The molecule has 0 aliphatic carbocycles. The molecule has 0 radical (unpaired) electrons. The number of benzene rings is 1. The Hall–Kier alpha value is -2.41. The van der Waals surface area contributed by atoms with Gasteiger partial charge in [-0.25, -0.2) is 5.43 Å². The zero-order chi connectivity index (χ0) is 16.7. The van der Waals surface area contributed by atoms with E-state index in [1.807, 2.05) is 43.3 Å². The molecule has 0 saturated carbocycles. The molecule has 1 saturated heterocycles. The molecule has 7 heteroatoms. The smallest absolute Gasteiger partial charge is 0.329 e. The van der Waals surface area contributed by atoms with Crippen molar-refractivity contribution in [3.8, 4) is 0 Å². The number of anilines is 1. The lowest BCUT2D eigenvalue weighted by Gasteiger charge is -2.11. The van der Waals surface area contributed by atoms with Gasteiger partial charge in [0, 0.05) is 32.9 Å². The third-order valence-corrected chi connectivity index (χ3v) is 3.51. The maximum absolute atomic E-state index is 11.6. The number of carbonyl (C=O) groups excluding carboxylic acids is 2. The van der Waals surface area contributed by atoms with Gasteiger partial charge in [-0.2, -0.15) is 5.10 Å². The standard InChI is InChI=1S/C16H22N4O3/c1-20(2)13-7-5-12(6-8-13)10-18-19-16(22)15(21)17-11-14-4-3-9-23-14/h5-8,10,14H,3-4,9,11H2,1-2H3,(H,17,21)(H,19,22)/b18-10-/t14-/m0/s1. The molecule has 2 rings (SSSR count). The van der Waals surface area contributed by atoms with Gasteiger partial charge in [0.2, 0.25) is 0 Å². The monoisotopic (exact) mass is 318 g/mol. The van der Waals surface area contributed by atoms with Crippen LogP contribution in [0.25, 0.3) is 0 Å². The first kappa shape index (κ1) is 17.0. The number of hydrogen-bond acceptors (Lipinski definition) is 5. The average molecular weight is 318 g/mol. The van der Waals surface area contributed by atoms with Crippen LogP contribution in [0.5, 0.6) is 0 Å². The summed E-state index contributed by atoms with van der Waals surface area (Å²) in [7, 11) is 3.91. The normalized spacial score (nSPS) is 17.2. The summed E-state index contributed by atoms with van der Waals surface area (Å²) in [6.07, 6.45) is 3.39. The van der Waals surface area contributed by atoms with Gasteiger partial charge in [-0.1, -0.05) is 12.1 Å². The van der Waals surface area contributed by atoms with Crippen molar-refractivity contribution in [1.82, 2.24) is 10.7 Å². The molecule has 2 N–H and O–H groups in total. The van der Waals surface area contributed by atoms with E-state index in [0.717, 1.165) is 24.1 Å².